The van der Waals surface area contributed by atoms with Crippen molar-refractivity contribution in [3.05, 3.63) is 51.8 Å². The molecule has 0 fully saturated rings. The van der Waals surface area contributed by atoms with Gasteiger partial charge >= 0.3 is 5.97 Å². The van der Waals surface area contributed by atoms with E-state index in [-0.39, 0.29) is 5.56 Å². The summed E-state index contributed by atoms with van der Waals surface area (Å²) in [4.78, 5) is 11.1. The van der Waals surface area contributed by atoms with Gasteiger partial charge in [-0.15, -0.1) is 0 Å². The number of carboxylic acids is 1. The summed E-state index contributed by atoms with van der Waals surface area (Å²) in [6, 6.07) is 8.75. The van der Waals surface area contributed by atoms with Gasteiger partial charge in [-0.3, -0.25) is 0 Å². The summed E-state index contributed by atoms with van der Waals surface area (Å²) in [5, 5.41) is 18.7. The zero-order valence-corrected chi connectivity index (χ0v) is 11.2. The predicted molar refractivity (Wildman–Crippen MR) is 71.9 cm³/mol. The maximum absolute atomic E-state index is 11.1. The van der Waals surface area contributed by atoms with Crippen molar-refractivity contribution < 1.29 is 9.90 Å². The van der Waals surface area contributed by atoms with Crippen LogP contribution in [0.1, 0.15) is 27.3 Å². The Bertz CT molecular complexity index is 711. The zero-order valence-electron chi connectivity index (χ0n) is 10.4. The third-order valence-electron chi connectivity index (χ3n) is 3.01. The molecule has 0 radical (unpaired) electrons. The molecule has 1 N–H and O–H groups in total. The van der Waals surface area contributed by atoms with Crippen LogP contribution in [0.4, 0.5) is 0 Å². The van der Waals surface area contributed by atoms with Crippen LogP contribution in [-0.4, -0.2) is 15.6 Å². The van der Waals surface area contributed by atoms with Gasteiger partial charge in [-0.25, -0.2) is 4.79 Å². The lowest BCUT2D eigenvalue weighted by atomic mass is 10.2. The molecule has 2 aromatic rings. The molecule has 0 amide bonds. The van der Waals surface area contributed by atoms with Gasteiger partial charge in [-0.05, 0) is 32.0 Å². The van der Waals surface area contributed by atoms with Crippen molar-refractivity contribution in [2.75, 3.05) is 0 Å². The fraction of sp³-hybridized carbons (Fsp3) is 0.143. The molecule has 0 saturated heterocycles. The molecule has 1 heterocycles. The molecule has 19 heavy (non-hydrogen) atoms. The fourth-order valence-electron chi connectivity index (χ4n) is 2.16. The van der Waals surface area contributed by atoms with Gasteiger partial charge in [0.1, 0.15) is 6.07 Å². The molecular formula is C14H11ClN2O2. The third kappa shape index (κ3) is 2.09. The van der Waals surface area contributed by atoms with Gasteiger partial charge in [0, 0.05) is 11.4 Å². The van der Waals surface area contributed by atoms with E-state index in [1.807, 2.05) is 0 Å². The summed E-state index contributed by atoms with van der Waals surface area (Å²) >= 11 is 6.00. The summed E-state index contributed by atoms with van der Waals surface area (Å²) in [5.41, 5.74) is 2.47. The highest BCUT2D eigenvalue weighted by atomic mass is 35.5. The van der Waals surface area contributed by atoms with Crippen LogP contribution in [0, 0.1) is 25.2 Å². The lowest BCUT2D eigenvalue weighted by Crippen LogP contribution is -2.04. The third-order valence-corrected chi connectivity index (χ3v) is 3.32. The molecule has 4 nitrogen and oxygen atoms in total. The molecule has 2 rings (SSSR count). The smallest absolute Gasteiger partial charge is 0.337 e. The highest BCUT2D eigenvalue weighted by Gasteiger charge is 2.18. The van der Waals surface area contributed by atoms with Crippen LogP contribution < -0.4 is 0 Å². The number of aromatic carboxylic acids is 1. The molecular weight excluding hydrogens is 264 g/mol. The maximum atomic E-state index is 11.1. The molecule has 0 unspecified atom stereocenters. The number of nitriles is 1. The highest BCUT2D eigenvalue weighted by molar-refractivity contribution is 6.32. The van der Waals surface area contributed by atoms with Crippen LogP contribution in [0.25, 0.3) is 5.69 Å². The predicted octanol–water partition coefficient (Wildman–Crippen LogP) is 3.32. The zero-order chi connectivity index (χ0) is 14.2. The van der Waals surface area contributed by atoms with E-state index in [9.17, 15) is 10.1 Å². The quantitative estimate of drug-likeness (QED) is 0.913. The van der Waals surface area contributed by atoms with Crippen molar-refractivity contribution in [3.63, 3.8) is 0 Å². The average Bonchev–Trinajstić information content (AvgIpc) is 2.64. The van der Waals surface area contributed by atoms with E-state index in [0.29, 0.717) is 22.0 Å². The molecule has 0 aliphatic rings. The van der Waals surface area contributed by atoms with Gasteiger partial charge in [-0.1, -0.05) is 17.7 Å². The second-order valence-electron chi connectivity index (χ2n) is 4.17. The first-order valence-electron chi connectivity index (χ1n) is 5.58. The second kappa shape index (κ2) is 4.79. The molecule has 0 atom stereocenters. The number of hydrogen-bond acceptors (Lipinski definition) is 2. The monoisotopic (exact) mass is 274 g/mol. The number of nitrogens with zero attached hydrogens (tertiary/aromatic N) is 2. The topological polar surface area (TPSA) is 66.0 Å². The van der Waals surface area contributed by atoms with E-state index in [4.69, 9.17) is 16.7 Å². The van der Waals surface area contributed by atoms with Crippen molar-refractivity contribution in [2.45, 2.75) is 13.8 Å². The Morgan fingerprint density at radius 1 is 1.42 bits per heavy atom. The van der Waals surface area contributed by atoms with Crippen molar-refractivity contribution in [3.8, 4) is 11.8 Å². The molecule has 0 spiro atoms. The number of rotatable bonds is 2. The SMILES string of the molecule is Cc1cc(C(=O)O)c(C)n1-c1cccc(Cl)c1C#N. The van der Waals surface area contributed by atoms with Crippen LogP contribution in [0.5, 0.6) is 0 Å². The number of aryl methyl sites for hydroxylation is 1. The fourth-order valence-corrected chi connectivity index (χ4v) is 2.37. The minimum Gasteiger partial charge on any atom is -0.478 e. The van der Waals surface area contributed by atoms with Gasteiger partial charge < -0.3 is 9.67 Å². The number of halogens is 1. The summed E-state index contributed by atoms with van der Waals surface area (Å²) in [6.07, 6.45) is 0. The van der Waals surface area contributed by atoms with E-state index in [1.54, 1.807) is 42.7 Å². The largest absolute Gasteiger partial charge is 0.478 e. The van der Waals surface area contributed by atoms with Crippen LogP contribution >= 0.6 is 11.6 Å². The minimum absolute atomic E-state index is 0.223. The van der Waals surface area contributed by atoms with E-state index < -0.39 is 5.97 Å². The number of hydrogen-bond donors (Lipinski definition) is 1. The van der Waals surface area contributed by atoms with Crippen molar-refractivity contribution in [1.29, 1.82) is 5.26 Å². The van der Waals surface area contributed by atoms with E-state index in [0.717, 1.165) is 5.69 Å². The minimum atomic E-state index is -0.986. The van der Waals surface area contributed by atoms with Gasteiger partial charge in [-0.2, -0.15) is 5.26 Å². The molecule has 0 bridgehead atoms. The van der Waals surface area contributed by atoms with Crippen LogP contribution in [0.15, 0.2) is 24.3 Å². The Balaban J connectivity index is 2.78. The molecule has 5 heteroatoms. The summed E-state index contributed by atoms with van der Waals surface area (Å²) < 4.78 is 1.73. The number of carbonyl (C=O) groups is 1. The lowest BCUT2D eigenvalue weighted by Gasteiger charge is -2.12. The Labute approximate surface area is 115 Å². The highest BCUT2D eigenvalue weighted by Crippen LogP contribution is 2.27. The summed E-state index contributed by atoms with van der Waals surface area (Å²) in [5.74, 6) is -0.986. The Hall–Kier alpha value is -2.25. The number of benzene rings is 1. The molecule has 0 aliphatic carbocycles. The van der Waals surface area contributed by atoms with Gasteiger partial charge in [0.25, 0.3) is 0 Å². The Morgan fingerprint density at radius 3 is 2.63 bits per heavy atom. The van der Waals surface area contributed by atoms with Gasteiger partial charge in [0.15, 0.2) is 0 Å². The number of carboxylic acid groups (broad SMARTS) is 1. The summed E-state index contributed by atoms with van der Waals surface area (Å²) in [7, 11) is 0. The van der Waals surface area contributed by atoms with Crippen LogP contribution in [0.2, 0.25) is 5.02 Å². The van der Waals surface area contributed by atoms with Crippen molar-refractivity contribution in [2.24, 2.45) is 0 Å². The normalized spacial score (nSPS) is 10.2. The van der Waals surface area contributed by atoms with Crippen molar-refractivity contribution >= 4 is 17.6 Å². The van der Waals surface area contributed by atoms with E-state index >= 15 is 0 Å². The van der Waals surface area contributed by atoms with Crippen LogP contribution in [-0.2, 0) is 0 Å². The Kier molecular flexibility index (Phi) is 3.32. The van der Waals surface area contributed by atoms with E-state index in [2.05, 4.69) is 6.07 Å². The van der Waals surface area contributed by atoms with Crippen LogP contribution in [0.3, 0.4) is 0 Å². The molecule has 0 saturated carbocycles. The molecule has 96 valence electrons. The number of aromatic nitrogens is 1. The van der Waals surface area contributed by atoms with Gasteiger partial charge in [0.05, 0.1) is 21.8 Å². The second-order valence-corrected chi connectivity index (χ2v) is 4.58. The first kappa shape index (κ1) is 13.2. The lowest BCUT2D eigenvalue weighted by molar-refractivity contribution is 0.0696. The summed E-state index contributed by atoms with van der Waals surface area (Å²) in [6.45, 7) is 3.50. The van der Waals surface area contributed by atoms with Crippen molar-refractivity contribution in [1.82, 2.24) is 4.57 Å². The Morgan fingerprint density at radius 2 is 2.11 bits per heavy atom. The standard InChI is InChI=1S/C14H11ClN2O2/c1-8-6-10(14(18)19)9(2)17(8)13-5-3-4-12(15)11(13)7-16/h3-6H,1-2H3,(H,18,19). The molecule has 0 aliphatic heterocycles. The first-order valence-corrected chi connectivity index (χ1v) is 5.96. The van der Waals surface area contributed by atoms with E-state index in [1.165, 1.54) is 0 Å². The molecule has 1 aromatic carbocycles. The first-order chi connectivity index (χ1) is 8.97. The molecule has 1 aromatic heterocycles. The average molecular weight is 275 g/mol. The van der Waals surface area contributed by atoms with Gasteiger partial charge in [0.2, 0.25) is 0 Å². The maximum Gasteiger partial charge on any atom is 0.337 e.